The molecule has 1 amide bonds. The predicted molar refractivity (Wildman–Crippen MR) is 249 cm³/mol. The normalized spacial score (nSPS) is 27.3. The van der Waals surface area contributed by atoms with E-state index in [1.165, 1.54) is 141 Å². The molecule has 14 heteroatoms. The molecule has 2 fully saturated rings. The van der Waals surface area contributed by atoms with Crippen molar-refractivity contribution in [2.24, 2.45) is 0 Å². The molecule has 2 aliphatic heterocycles. The summed E-state index contributed by atoms with van der Waals surface area (Å²) in [5.74, 6) is -0.238. The van der Waals surface area contributed by atoms with Gasteiger partial charge in [0.1, 0.15) is 48.8 Å². The number of hydrogen-bond acceptors (Lipinski definition) is 13. The van der Waals surface area contributed by atoms with E-state index in [1.807, 2.05) is 6.08 Å². The van der Waals surface area contributed by atoms with Gasteiger partial charge >= 0.3 is 0 Å². The number of rotatable bonds is 40. The van der Waals surface area contributed by atoms with Crippen LogP contribution in [-0.2, 0) is 23.7 Å². The van der Waals surface area contributed by atoms with Crippen LogP contribution in [0.4, 0.5) is 0 Å². The van der Waals surface area contributed by atoms with Crippen molar-refractivity contribution < 1.29 is 64.6 Å². The highest BCUT2D eigenvalue weighted by Crippen LogP contribution is 2.30. The molecular weight excluding hydrogens is 823 g/mol. The summed E-state index contributed by atoms with van der Waals surface area (Å²) in [5.41, 5.74) is 0. The van der Waals surface area contributed by atoms with Gasteiger partial charge in [0.25, 0.3) is 0 Å². The first kappa shape index (κ1) is 58.9. The lowest BCUT2D eigenvalue weighted by atomic mass is 9.97. The Morgan fingerprint density at radius 1 is 0.547 bits per heavy atom. The molecule has 0 aromatic carbocycles. The fourth-order valence-corrected chi connectivity index (χ4v) is 8.70. The van der Waals surface area contributed by atoms with Gasteiger partial charge in [-0.15, -0.1) is 0 Å². The van der Waals surface area contributed by atoms with Crippen molar-refractivity contribution in [3.05, 3.63) is 12.2 Å². The third kappa shape index (κ3) is 24.7. The zero-order chi connectivity index (χ0) is 46.8. The maximum Gasteiger partial charge on any atom is 0.220 e. The predicted octanol–water partition coefficient (Wildman–Crippen LogP) is 6.77. The number of amides is 1. The van der Waals surface area contributed by atoms with E-state index < -0.39 is 86.8 Å². The van der Waals surface area contributed by atoms with Crippen LogP contribution in [0.25, 0.3) is 0 Å². The van der Waals surface area contributed by atoms with Gasteiger partial charge in [-0.05, 0) is 19.3 Å². The van der Waals surface area contributed by atoms with Gasteiger partial charge in [-0.3, -0.25) is 4.79 Å². The van der Waals surface area contributed by atoms with Crippen molar-refractivity contribution in [1.29, 1.82) is 0 Å². The lowest BCUT2D eigenvalue weighted by Gasteiger charge is -2.46. The van der Waals surface area contributed by atoms with E-state index in [4.69, 9.17) is 18.9 Å². The maximum absolute atomic E-state index is 13.2. The Morgan fingerprint density at radius 2 is 0.969 bits per heavy atom. The van der Waals surface area contributed by atoms with Crippen molar-refractivity contribution in [1.82, 2.24) is 5.32 Å². The Hall–Kier alpha value is -1.27. The summed E-state index contributed by atoms with van der Waals surface area (Å²) in [6.45, 7) is 2.77. The molecule has 2 rings (SSSR count). The molecule has 9 N–H and O–H groups in total. The molecule has 0 aromatic heterocycles. The number of hydrogen-bond donors (Lipinski definition) is 9. The Balaban J connectivity index is 1.78. The van der Waals surface area contributed by atoms with E-state index in [-0.39, 0.29) is 18.9 Å². The van der Waals surface area contributed by atoms with Gasteiger partial charge in [-0.25, -0.2) is 0 Å². The van der Waals surface area contributed by atoms with E-state index in [0.717, 1.165) is 38.5 Å². The quantitative estimate of drug-likeness (QED) is 0.0229. The van der Waals surface area contributed by atoms with E-state index in [0.29, 0.717) is 6.42 Å². The van der Waals surface area contributed by atoms with Crippen LogP contribution in [0.1, 0.15) is 206 Å². The minimum absolute atomic E-state index is 0.238. The second-order valence-corrected chi connectivity index (χ2v) is 18.7. The molecule has 378 valence electrons. The first-order chi connectivity index (χ1) is 31.1. The highest BCUT2D eigenvalue weighted by Gasteiger charge is 2.51. The highest BCUT2D eigenvalue weighted by molar-refractivity contribution is 5.76. The minimum atomic E-state index is -1.78. The van der Waals surface area contributed by atoms with Crippen LogP contribution in [0.3, 0.4) is 0 Å². The Bertz CT molecular complexity index is 1130. The van der Waals surface area contributed by atoms with Crippen LogP contribution in [-0.4, -0.2) is 140 Å². The molecule has 0 radical (unpaired) electrons. The third-order valence-corrected chi connectivity index (χ3v) is 13.0. The van der Waals surface area contributed by atoms with E-state index in [2.05, 4.69) is 19.2 Å². The summed E-state index contributed by atoms with van der Waals surface area (Å²) in [4.78, 5) is 13.2. The minimum Gasteiger partial charge on any atom is -0.394 e. The number of ether oxygens (including phenoxy) is 4. The monoisotopic (exact) mass is 918 g/mol. The van der Waals surface area contributed by atoms with Crippen LogP contribution in [0.2, 0.25) is 0 Å². The summed E-state index contributed by atoms with van der Waals surface area (Å²) in [6.07, 6.45) is 22.6. The zero-order valence-electron chi connectivity index (χ0n) is 40.0. The second kappa shape index (κ2) is 37.7. The molecule has 2 aliphatic rings. The number of unbranched alkanes of at least 4 members (excludes halogenated alkanes) is 27. The van der Waals surface area contributed by atoms with Crippen LogP contribution >= 0.6 is 0 Å². The fourth-order valence-electron chi connectivity index (χ4n) is 8.70. The topological polar surface area (TPSA) is 228 Å². The van der Waals surface area contributed by atoms with Gasteiger partial charge < -0.3 is 65.1 Å². The first-order valence-electron chi connectivity index (χ1n) is 25.9. The van der Waals surface area contributed by atoms with Gasteiger partial charge in [-0.1, -0.05) is 193 Å². The summed E-state index contributed by atoms with van der Waals surface area (Å²) in [6, 6.07) is -0.906. The summed E-state index contributed by atoms with van der Waals surface area (Å²) in [5, 5.41) is 86.6. The van der Waals surface area contributed by atoms with Crippen molar-refractivity contribution in [2.75, 3.05) is 19.8 Å². The van der Waals surface area contributed by atoms with Crippen molar-refractivity contribution in [2.45, 2.75) is 280 Å². The van der Waals surface area contributed by atoms with E-state index in [9.17, 15) is 45.6 Å². The molecule has 12 unspecified atom stereocenters. The molecule has 64 heavy (non-hydrogen) atoms. The molecule has 2 heterocycles. The average molecular weight is 918 g/mol. The van der Waals surface area contributed by atoms with Gasteiger partial charge in [0.15, 0.2) is 12.6 Å². The smallest absolute Gasteiger partial charge is 0.220 e. The summed E-state index contributed by atoms with van der Waals surface area (Å²) < 4.78 is 22.7. The number of aliphatic hydroxyl groups excluding tert-OH is 8. The average Bonchev–Trinajstić information content (AvgIpc) is 3.29. The van der Waals surface area contributed by atoms with Gasteiger partial charge in [0, 0.05) is 6.42 Å². The summed E-state index contributed by atoms with van der Waals surface area (Å²) in [7, 11) is 0. The summed E-state index contributed by atoms with van der Waals surface area (Å²) >= 11 is 0. The third-order valence-electron chi connectivity index (χ3n) is 13.0. The van der Waals surface area contributed by atoms with Gasteiger partial charge in [0.2, 0.25) is 5.91 Å². The van der Waals surface area contributed by atoms with Crippen molar-refractivity contribution in [3.63, 3.8) is 0 Å². The molecule has 0 saturated carbocycles. The molecule has 0 aliphatic carbocycles. The van der Waals surface area contributed by atoms with Crippen LogP contribution < -0.4 is 5.32 Å². The number of carbonyl (C=O) groups is 1. The molecule has 0 spiro atoms. The van der Waals surface area contributed by atoms with Gasteiger partial charge in [0.05, 0.1) is 32.0 Å². The molecule has 12 atom stereocenters. The standard InChI is InChI=1S/C50H95NO13/c1-3-5-7-9-11-13-15-16-17-18-19-20-21-22-23-24-26-28-30-32-34-42(55)51-38(39(54)33-31-29-27-25-14-12-10-8-6-4-2)37-61-49-47(60)45(58)48(41(36-53)63-49)64-50-46(59)44(57)43(56)40(35-52)62-50/h31,33,38-41,43-50,52-54,56-60H,3-30,32,34-37H2,1-2H3,(H,51,55)/b33-31+. The zero-order valence-corrected chi connectivity index (χ0v) is 40.0. The molecule has 0 aromatic rings. The fraction of sp³-hybridized carbons (Fsp3) is 0.940. The number of aliphatic hydroxyl groups is 8. The number of nitrogens with one attached hydrogen (secondary N) is 1. The van der Waals surface area contributed by atoms with Crippen LogP contribution in [0.15, 0.2) is 12.2 Å². The first-order valence-corrected chi connectivity index (χ1v) is 25.9. The molecule has 2 saturated heterocycles. The largest absolute Gasteiger partial charge is 0.394 e. The van der Waals surface area contributed by atoms with Gasteiger partial charge in [-0.2, -0.15) is 0 Å². The SMILES string of the molecule is CCCCCCCCCC/C=C/C(O)C(COC1OC(CO)C(OC2OC(CO)C(O)C(O)C2O)C(O)C1O)NC(=O)CCCCCCCCCCCCCCCCCCCCCC. The maximum atomic E-state index is 13.2. The lowest BCUT2D eigenvalue weighted by Crippen LogP contribution is -2.65. The van der Waals surface area contributed by atoms with Crippen LogP contribution in [0.5, 0.6) is 0 Å². The molecular formula is C50H95NO13. The Kier molecular flexibility index (Phi) is 34.7. The van der Waals surface area contributed by atoms with Crippen molar-refractivity contribution >= 4 is 5.91 Å². The van der Waals surface area contributed by atoms with Crippen molar-refractivity contribution in [3.8, 4) is 0 Å². The Morgan fingerprint density at radius 3 is 1.44 bits per heavy atom. The number of carbonyl (C=O) groups excluding carboxylic acids is 1. The number of allylic oxidation sites excluding steroid dienone is 1. The molecule has 14 nitrogen and oxygen atoms in total. The molecule has 0 bridgehead atoms. The van der Waals surface area contributed by atoms with Crippen LogP contribution in [0, 0.1) is 0 Å². The second-order valence-electron chi connectivity index (χ2n) is 18.7. The van der Waals surface area contributed by atoms with E-state index >= 15 is 0 Å². The Labute approximate surface area is 386 Å². The highest BCUT2D eigenvalue weighted by atomic mass is 16.7. The van der Waals surface area contributed by atoms with E-state index in [1.54, 1.807) is 6.08 Å². The lowest BCUT2D eigenvalue weighted by molar-refractivity contribution is -0.359.